The van der Waals surface area contributed by atoms with Gasteiger partial charge in [0.1, 0.15) is 12.2 Å². The van der Waals surface area contributed by atoms with Crippen LogP contribution in [0, 0.1) is 39.9 Å². The molecule has 6 rings (SSSR count). The lowest BCUT2D eigenvalue weighted by molar-refractivity contribution is -0.229. The Hall–Kier alpha value is -1.40. The predicted molar refractivity (Wildman–Crippen MR) is 117 cm³/mol. The van der Waals surface area contributed by atoms with Crippen LogP contribution in [0.25, 0.3) is 0 Å². The molecular formula is C26H37NO5. The van der Waals surface area contributed by atoms with Crippen LogP contribution in [-0.2, 0) is 19.1 Å². The van der Waals surface area contributed by atoms with Crippen molar-refractivity contribution in [3.05, 3.63) is 12.2 Å². The number of likely N-dealkylation sites (tertiary alicyclic amines) is 1. The minimum absolute atomic E-state index is 0.0107. The van der Waals surface area contributed by atoms with Crippen LogP contribution in [0.4, 0.5) is 0 Å². The van der Waals surface area contributed by atoms with Crippen molar-refractivity contribution in [2.24, 2.45) is 39.9 Å². The van der Waals surface area contributed by atoms with Crippen molar-refractivity contribution in [1.29, 1.82) is 0 Å². The Balaban J connectivity index is 1.58. The predicted octanol–water partition coefficient (Wildman–Crippen LogP) is 2.93. The smallest absolute Gasteiger partial charge is 0.303 e. The summed E-state index contributed by atoms with van der Waals surface area (Å²) in [5, 5.41) is 11.3. The van der Waals surface area contributed by atoms with Crippen molar-refractivity contribution in [3.8, 4) is 0 Å². The first-order valence-corrected chi connectivity index (χ1v) is 12.6. The number of hydrogen-bond acceptors (Lipinski definition) is 6. The molecule has 6 heteroatoms. The standard InChI is InChI=1S/C26H37NO5/c1-6-27-12-24(5)8-7-21(31-14(3)28)26-19(24)9-17(22(26)27)25-11-16(18(30)10-20(25)26)13(2)23(25)32-15(4)29/h16-23,30H,2,6-12H2,1,3-5H3/t16-,17-,18-,19+,20+,21-,22?,23+,24-,25-,26-/m0/s1. The number of ether oxygens (including phenoxy) is 2. The maximum absolute atomic E-state index is 12.3. The highest BCUT2D eigenvalue weighted by Crippen LogP contribution is 2.84. The van der Waals surface area contributed by atoms with E-state index >= 15 is 0 Å². The van der Waals surface area contributed by atoms with E-state index in [1.165, 1.54) is 13.8 Å². The number of fused-ring (bicyclic) bond motifs is 1. The number of aliphatic hydroxyl groups excluding tert-OH is 1. The van der Waals surface area contributed by atoms with Crippen molar-refractivity contribution in [3.63, 3.8) is 0 Å². The lowest BCUT2D eigenvalue weighted by Crippen LogP contribution is -2.69. The van der Waals surface area contributed by atoms with Crippen LogP contribution in [0.2, 0.25) is 0 Å². The molecule has 0 aromatic heterocycles. The van der Waals surface area contributed by atoms with Crippen LogP contribution in [-0.4, -0.2) is 59.4 Å². The Morgan fingerprint density at radius 2 is 1.91 bits per heavy atom. The second-order valence-electron chi connectivity index (χ2n) is 12.0. The molecule has 5 aliphatic carbocycles. The molecule has 6 nitrogen and oxygen atoms in total. The summed E-state index contributed by atoms with van der Waals surface area (Å²) in [5.41, 5.74) is 0.696. The highest BCUT2D eigenvalue weighted by molar-refractivity contribution is 5.67. The maximum Gasteiger partial charge on any atom is 0.303 e. The summed E-state index contributed by atoms with van der Waals surface area (Å²) in [7, 11) is 0. The molecule has 1 unspecified atom stereocenters. The van der Waals surface area contributed by atoms with Crippen molar-refractivity contribution in [2.75, 3.05) is 13.1 Å². The summed E-state index contributed by atoms with van der Waals surface area (Å²) in [4.78, 5) is 27.2. The Morgan fingerprint density at radius 3 is 2.56 bits per heavy atom. The third kappa shape index (κ3) is 2.15. The largest absolute Gasteiger partial charge is 0.462 e. The Labute approximate surface area is 190 Å². The van der Waals surface area contributed by atoms with Gasteiger partial charge in [0, 0.05) is 43.2 Å². The fourth-order valence-corrected chi connectivity index (χ4v) is 10.6. The Kier molecular flexibility index (Phi) is 4.22. The number of aliphatic hydroxyl groups is 1. The summed E-state index contributed by atoms with van der Waals surface area (Å²) in [5.74, 6) is 0.513. The summed E-state index contributed by atoms with van der Waals surface area (Å²) >= 11 is 0. The molecular weight excluding hydrogens is 406 g/mol. The molecule has 1 aliphatic heterocycles. The fourth-order valence-electron chi connectivity index (χ4n) is 10.6. The first kappa shape index (κ1) is 21.2. The molecule has 6 aliphatic rings. The van der Waals surface area contributed by atoms with E-state index in [4.69, 9.17) is 9.47 Å². The summed E-state index contributed by atoms with van der Waals surface area (Å²) in [6.45, 7) is 14.1. The zero-order chi connectivity index (χ0) is 22.8. The number of carbonyl (C=O) groups excluding carboxylic acids is 2. The molecule has 0 radical (unpaired) electrons. The Bertz CT molecular complexity index is 903. The van der Waals surface area contributed by atoms with Crippen LogP contribution in [0.15, 0.2) is 12.2 Å². The lowest BCUT2D eigenvalue weighted by Gasteiger charge is -2.65. The van der Waals surface area contributed by atoms with Crippen molar-refractivity contribution < 1.29 is 24.2 Å². The molecule has 1 heterocycles. The van der Waals surface area contributed by atoms with E-state index in [-0.39, 0.29) is 52.2 Å². The molecule has 0 aromatic rings. The second kappa shape index (κ2) is 6.38. The number of carbonyl (C=O) groups is 2. The van der Waals surface area contributed by atoms with Crippen molar-refractivity contribution in [2.45, 2.75) is 84.2 Å². The number of piperidine rings is 1. The summed E-state index contributed by atoms with van der Waals surface area (Å²) < 4.78 is 12.2. The van der Waals surface area contributed by atoms with Crippen LogP contribution in [0.5, 0.6) is 0 Å². The third-order valence-corrected chi connectivity index (χ3v) is 11.1. The monoisotopic (exact) mass is 443 g/mol. The van der Waals surface area contributed by atoms with Gasteiger partial charge in [-0.05, 0) is 67.4 Å². The molecule has 0 aromatic carbocycles. The van der Waals surface area contributed by atoms with Gasteiger partial charge >= 0.3 is 11.9 Å². The molecule has 11 atom stereocenters. The minimum atomic E-state index is -0.475. The number of esters is 2. The molecule has 176 valence electrons. The van der Waals surface area contributed by atoms with E-state index < -0.39 is 6.10 Å². The van der Waals surface area contributed by atoms with E-state index in [1.807, 2.05) is 0 Å². The van der Waals surface area contributed by atoms with Gasteiger partial charge in [-0.3, -0.25) is 14.5 Å². The maximum atomic E-state index is 12.3. The summed E-state index contributed by atoms with van der Waals surface area (Å²) in [6, 6.07) is 0.301. The Morgan fingerprint density at radius 1 is 1.19 bits per heavy atom. The minimum Gasteiger partial charge on any atom is -0.462 e. The van der Waals surface area contributed by atoms with E-state index in [0.29, 0.717) is 24.3 Å². The molecule has 7 bridgehead atoms. The number of rotatable bonds is 3. The highest BCUT2D eigenvalue weighted by Gasteiger charge is 2.86. The zero-order valence-corrected chi connectivity index (χ0v) is 19.8. The molecule has 1 saturated heterocycles. The van der Waals surface area contributed by atoms with Gasteiger partial charge < -0.3 is 14.6 Å². The van der Waals surface area contributed by atoms with Gasteiger partial charge in [0.2, 0.25) is 0 Å². The topological polar surface area (TPSA) is 76.1 Å². The van der Waals surface area contributed by atoms with Gasteiger partial charge in [0.25, 0.3) is 0 Å². The van der Waals surface area contributed by atoms with E-state index in [2.05, 4.69) is 25.3 Å². The normalized spacial score (nSPS) is 55.0. The second-order valence-corrected chi connectivity index (χ2v) is 12.0. The van der Waals surface area contributed by atoms with Crippen LogP contribution < -0.4 is 0 Å². The van der Waals surface area contributed by atoms with Crippen LogP contribution in [0.1, 0.15) is 59.8 Å². The first-order chi connectivity index (χ1) is 15.1. The average Bonchev–Trinajstić information content (AvgIpc) is 3.24. The van der Waals surface area contributed by atoms with E-state index in [9.17, 15) is 14.7 Å². The van der Waals surface area contributed by atoms with Gasteiger partial charge in [-0.2, -0.15) is 0 Å². The lowest BCUT2D eigenvalue weighted by atomic mass is 9.43. The molecule has 32 heavy (non-hydrogen) atoms. The molecule has 1 N–H and O–H groups in total. The number of nitrogens with zero attached hydrogens (tertiary/aromatic N) is 1. The van der Waals surface area contributed by atoms with Crippen molar-refractivity contribution in [1.82, 2.24) is 4.90 Å². The third-order valence-electron chi connectivity index (χ3n) is 11.1. The van der Waals surface area contributed by atoms with E-state index in [1.54, 1.807) is 0 Å². The van der Waals surface area contributed by atoms with Crippen LogP contribution in [0.3, 0.4) is 0 Å². The van der Waals surface area contributed by atoms with Gasteiger partial charge in [-0.15, -0.1) is 0 Å². The molecule has 5 saturated carbocycles. The SMILES string of the molecule is C=C1[C@@H](OC(C)=O)[C@]23C[C@@H]1[C@@H](O)C[C@H]2[C@@]12C4[C@@H]3C[C@@H]1[C@@](C)(CC[C@@H]2OC(C)=O)CN4CC. The quantitative estimate of drug-likeness (QED) is 0.534. The van der Waals surface area contributed by atoms with Gasteiger partial charge in [0.15, 0.2) is 0 Å². The zero-order valence-electron chi connectivity index (χ0n) is 19.8. The number of hydrogen-bond donors (Lipinski definition) is 1. The fraction of sp³-hybridized carbons (Fsp3) is 0.846. The molecule has 2 spiro atoms. The molecule has 6 fully saturated rings. The molecule has 0 amide bonds. The van der Waals surface area contributed by atoms with Crippen molar-refractivity contribution >= 4 is 11.9 Å². The van der Waals surface area contributed by atoms with Gasteiger partial charge in [-0.1, -0.05) is 20.4 Å². The van der Waals surface area contributed by atoms with Crippen LogP contribution >= 0.6 is 0 Å². The average molecular weight is 444 g/mol. The van der Waals surface area contributed by atoms with Gasteiger partial charge in [0.05, 0.1) is 6.10 Å². The summed E-state index contributed by atoms with van der Waals surface area (Å²) in [6.07, 6.45) is 3.63. The first-order valence-electron chi connectivity index (χ1n) is 12.6. The highest BCUT2D eigenvalue weighted by atomic mass is 16.5. The van der Waals surface area contributed by atoms with E-state index in [0.717, 1.165) is 44.3 Å². The van der Waals surface area contributed by atoms with Gasteiger partial charge in [-0.25, -0.2) is 0 Å².